The first-order valence-corrected chi connectivity index (χ1v) is 6.27. The van der Waals surface area contributed by atoms with E-state index < -0.39 is 0 Å². The lowest BCUT2D eigenvalue weighted by Crippen LogP contribution is -2.11. The second-order valence-electron chi connectivity index (χ2n) is 4.19. The number of pyridine rings is 1. The lowest BCUT2D eigenvalue weighted by atomic mass is 10.1. The molecule has 0 fully saturated rings. The molecule has 3 rings (SSSR count). The van der Waals surface area contributed by atoms with Gasteiger partial charge in [-0.15, -0.1) is 0 Å². The average molecular weight is 296 g/mol. The fraction of sp³-hybridized carbons (Fsp3) is 0.250. The maximum atomic E-state index is 13.9. The summed E-state index contributed by atoms with van der Waals surface area (Å²) in [5, 5.41) is 0.736. The molecule has 5 heteroatoms. The summed E-state index contributed by atoms with van der Waals surface area (Å²) in [5.41, 5.74) is 5.98. The van der Waals surface area contributed by atoms with Crippen molar-refractivity contribution >= 4 is 32.5 Å². The molecule has 1 aliphatic carbocycles. The van der Waals surface area contributed by atoms with Crippen molar-refractivity contribution < 1.29 is 4.39 Å². The van der Waals surface area contributed by atoms with E-state index in [0.717, 1.165) is 41.6 Å². The van der Waals surface area contributed by atoms with Crippen LogP contribution < -0.4 is 11.3 Å². The Morgan fingerprint density at radius 3 is 2.94 bits per heavy atom. The Morgan fingerprint density at radius 1 is 1.35 bits per heavy atom. The van der Waals surface area contributed by atoms with E-state index in [1.54, 1.807) is 0 Å². The van der Waals surface area contributed by atoms with Crippen molar-refractivity contribution in [2.45, 2.75) is 19.3 Å². The molecule has 0 saturated heterocycles. The molecule has 0 radical (unpaired) electrons. The minimum absolute atomic E-state index is 0.319. The minimum Gasteiger partial charge on any atom is -0.323 e. The molecule has 0 unspecified atom stereocenters. The zero-order chi connectivity index (χ0) is 12.0. The van der Waals surface area contributed by atoms with Crippen molar-refractivity contribution in [3.05, 3.63) is 33.7 Å². The van der Waals surface area contributed by atoms with E-state index in [1.165, 1.54) is 6.07 Å². The van der Waals surface area contributed by atoms with Gasteiger partial charge in [-0.1, -0.05) is 15.9 Å². The van der Waals surface area contributed by atoms with Gasteiger partial charge >= 0.3 is 0 Å². The number of anilines is 1. The first-order valence-electron chi connectivity index (χ1n) is 5.48. The van der Waals surface area contributed by atoms with E-state index in [1.807, 2.05) is 6.07 Å². The predicted molar refractivity (Wildman–Crippen MR) is 69.2 cm³/mol. The molecule has 3 N–H and O–H groups in total. The summed E-state index contributed by atoms with van der Waals surface area (Å²) in [6.45, 7) is 0. The van der Waals surface area contributed by atoms with Gasteiger partial charge in [0, 0.05) is 15.6 Å². The SMILES string of the molecule is NNc1c2c(nc3c(F)cc(Br)cc13)CCC2. The van der Waals surface area contributed by atoms with E-state index >= 15 is 0 Å². The Hall–Kier alpha value is -1.20. The molecule has 1 heterocycles. The number of hydrogen-bond donors (Lipinski definition) is 2. The molecule has 0 spiro atoms. The molecular formula is C12H11BrFN3. The number of hydrogen-bond acceptors (Lipinski definition) is 3. The Bertz CT molecular complexity index is 612. The van der Waals surface area contributed by atoms with E-state index in [4.69, 9.17) is 5.84 Å². The Labute approximate surface area is 106 Å². The summed E-state index contributed by atoms with van der Waals surface area (Å²) in [6.07, 6.45) is 2.90. The molecule has 88 valence electrons. The van der Waals surface area contributed by atoms with Crippen LogP contribution in [0.4, 0.5) is 10.1 Å². The van der Waals surface area contributed by atoms with Crippen molar-refractivity contribution in [1.82, 2.24) is 4.98 Å². The van der Waals surface area contributed by atoms with Crippen LogP contribution in [0.25, 0.3) is 10.9 Å². The normalized spacial score (nSPS) is 14.1. The van der Waals surface area contributed by atoms with Crippen LogP contribution in [0.2, 0.25) is 0 Å². The van der Waals surface area contributed by atoms with E-state index in [9.17, 15) is 4.39 Å². The molecule has 0 amide bonds. The van der Waals surface area contributed by atoms with Gasteiger partial charge in [0.2, 0.25) is 0 Å². The summed E-state index contributed by atoms with van der Waals surface area (Å²) in [6, 6.07) is 3.27. The standard InChI is InChI=1S/C12H11BrFN3/c13-6-4-8-11(17-15)7-2-1-3-10(7)16-12(8)9(14)5-6/h4-5H,1-3,15H2,(H,16,17). The maximum Gasteiger partial charge on any atom is 0.150 e. The Balaban J connectivity index is 2.45. The molecule has 2 aromatic rings. The fourth-order valence-electron chi connectivity index (χ4n) is 2.45. The van der Waals surface area contributed by atoms with Crippen LogP contribution in [0.3, 0.4) is 0 Å². The summed E-state index contributed by atoms with van der Waals surface area (Å²) < 4.78 is 14.6. The smallest absolute Gasteiger partial charge is 0.150 e. The zero-order valence-corrected chi connectivity index (χ0v) is 10.6. The number of benzene rings is 1. The first-order chi connectivity index (χ1) is 8.20. The second-order valence-corrected chi connectivity index (χ2v) is 5.11. The molecule has 1 aromatic heterocycles. The fourth-order valence-corrected chi connectivity index (χ4v) is 2.88. The van der Waals surface area contributed by atoms with Gasteiger partial charge in [-0.25, -0.2) is 9.37 Å². The molecule has 0 saturated carbocycles. The van der Waals surface area contributed by atoms with Gasteiger partial charge in [0.25, 0.3) is 0 Å². The lowest BCUT2D eigenvalue weighted by Gasteiger charge is -2.12. The number of nitrogen functional groups attached to an aromatic ring is 1. The van der Waals surface area contributed by atoms with Crippen molar-refractivity contribution in [3.63, 3.8) is 0 Å². The van der Waals surface area contributed by atoms with Crippen LogP contribution in [0.5, 0.6) is 0 Å². The van der Waals surface area contributed by atoms with Gasteiger partial charge in [-0.05, 0) is 37.0 Å². The minimum atomic E-state index is -0.319. The van der Waals surface area contributed by atoms with Gasteiger partial charge in [0.05, 0.1) is 5.69 Å². The number of fused-ring (bicyclic) bond motifs is 2. The van der Waals surface area contributed by atoms with Crippen LogP contribution >= 0.6 is 15.9 Å². The van der Waals surface area contributed by atoms with Gasteiger partial charge < -0.3 is 5.43 Å². The number of aromatic nitrogens is 1. The molecule has 17 heavy (non-hydrogen) atoms. The van der Waals surface area contributed by atoms with Crippen molar-refractivity contribution in [1.29, 1.82) is 0 Å². The summed E-state index contributed by atoms with van der Waals surface area (Å²) in [4.78, 5) is 4.41. The quantitative estimate of drug-likeness (QED) is 0.628. The van der Waals surface area contributed by atoms with Crippen LogP contribution in [-0.2, 0) is 12.8 Å². The number of nitrogens with zero attached hydrogens (tertiary/aromatic N) is 1. The highest BCUT2D eigenvalue weighted by Crippen LogP contribution is 2.35. The van der Waals surface area contributed by atoms with E-state index in [2.05, 4.69) is 26.3 Å². The van der Waals surface area contributed by atoms with Crippen LogP contribution in [0.1, 0.15) is 17.7 Å². The molecular weight excluding hydrogens is 285 g/mol. The zero-order valence-electron chi connectivity index (χ0n) is 9.06. The van der Waals surface area contributed by atoms with Crippen LogP contribution in [-0.4, -0.2) is 4.98 Å². The Kier molecular flexibility index (Phi) is 2.52. The number of nitrogens with two attached hydrogens (primary N) is 1. The lowest BCUT2D eigenvalue weighted by molar-refractivity contribution is 0.635. The Morgan fingerprint density at radius 2 is 2.18 bits per heavy atom. The third-order valence-electron chi connectivity index (χ3n) is 3.18. The molecule has 0 atom stereocenters. The van der Waals surface area contributed by atoms with Gasteiger partial charge in [0.1, 0.15) is 5.52 Å². The highest BCUT2D eigenvalue weighted by Gasteiger charge is 2.20. The van der Waals surface area contributed by atoms with Crippen LogP contribution in [0.15, 0.2) is 16.6 Å². The summed E-state index contributed by atoms with van der Waals surface area (Å²) in [5.74, 6) is 5.25. The maximum absolute atomic E-state index is 13.9. The summed E-state index contributed by atoms with van der Waals surface area (Å²) in [7, 11) is 0. The third kappa shape index (κ3) is 1.61. The van der Waals surface area contributed by atoms with Crippen LogP contribution in [0, 0.1) is 5.82 Å². The largest absolute Gasteiger partial charge is 0.323 e. The van der Waals surface area contributed by atoms with E-state index in [-0.39, 0.29) is 5.82 Å². The molecule has 1 aliphatic rings. The third-order valence-corrected chi connectivity index (χ3v) is 3.64. The van der Waals surface area contributed by atoms with Gasteiger partial charge in [0.15, 0.2) is 5.82 Å². The number of aryl methyl sites for hydroxylation is 1. The van der Waals surface area contributed by atoms with E-state index in [0.29, 0.717) is 9.99 Å². The van der Waals surface area contributed by atoms with Gasteiger partial charge in [-0.3, -0.25) is 5.84 Å². The molecule has 1 aromatic carbocycles. The van der Waals surface area contributed by atoms with Gasteiger partial charge in [-0.2, -0.15) is 0 Å². The average Bonchev–Trinajstić information content (AvgIpc) is 2.74. The monoisotopic (exact) mass is 295 g/mol. The van der Waals surface area contributed by atoms with Crippen molar-refractivity contribution in [2.75, 3.05) is 5.43 Å². The molecule has 0 aliphatic heterocycles. The topological polar surface area (TPSA) is 50.9 Å². The second kappa shape index (κ2) is 3.92. The number of hydrazine groups is 1. The summed E-state index contributed by atoms with van der Waals surface area (Å²) >= 11 is 3.29. The highest BCUT2D eigenvalue weighted by molar-refractivity contribution is 9.10. The molecule has 3 nitrogen and oxygen atoms in total. The number of halogens is 2. The molecule has 0 bridgehead atoms. The van der Waals surface area contributed by atoms with Crippen molar-refractivity contribution in [3.8, 4) is 0 Å². The highest BCUT2D eigenvalue weighted by atomic mass is 79.9. The van der Waals surface area contributed by atoms with Crippen molar-refractivity contribution in [2.24, 2.45) is 5.84 Å². The first kappa shape index (κ1) is 10.9. The number of nitrogens with one attached hydrogen (secondary N) is 1. The number of rotatable bonds is 1. The predicted octanol–water partition coefficient (Wildman–Crippen LogP) is 2.91.